The van der Waals surface area contributed by atoms with Crippen molar-refractivity contribution in [2.24, 2.45) is 11.3 Å². The van der Waals surface area contributed by atoms with E-state index < -0.39 is 0 Å². The number of rotatable bonds is 5. The van der Waals surface area contributed by atoms with E-state index >= 15 is 0 Å². The van der Waals surface area contributed by atoms with Crippen LogP contribution in [0.1, 0.15) is 51.2 Å². The first-order valence-electron chi connectivity index (χ1n) is 6.19. The van der Waals surface area contributed by atoms with Gasteiger partial charge in [0.15, 0.2) is 0 Å². The molecule has 1 rings (SSSR count). The second-order valence-corrected chi connectivity index (χ2v) is 7.21. The van der Waals surface area contributed by atoms with Gasteiger partial charge in [0.25, 0.3) is 0 Å². The van der Waals surface area contributed by atoms with Crippen LogP contribution in [0, 0.1) is 18.3 Å². The molecule has 0 amide bonds. The Morgan fingerprint density at radius 3 is 2.59 bits per heavy atom. The summed E-state index contributed by atoms with van der Waals surface area (Å²) >= 11 is 1.61. The summed E-state index contributed by atoms with van der Waals surface area (Å²) in [6, 6.07) is 0. The summed E-state index contributed by atoms with van der Waals surface area (Å²) in [7, 11) is 0. The van der Waals surface area contributed by atoms with Gasteiger partial charge >= 0.3 is 0 Å². The number of hydrogen-bond donors (Lipinski definition) is 0. The fourth-order valence-electron chi connectivity index (χ4n) is 2.27. The molecule has 0 aliphatic carbocycles. The molecule has 0 spiro atoms. The highest BCUT2D eigenvalue weighted by Crippen LogP contribution is 2.26. The Morgan fingerprint density at radius 2 is 2.12 bits per heavy atom. The zero-order valence-corrected chi connectivity index (χ0v) is 12.4. The standard InChI is InChI=1S/C14H23NOS/c1-10(8-14(3,4)5)6-13(16)7-12-9-17-11(2)15-12/h9-10H,6-8H2,1-5H3. The smallest absolute Gasteiger partial charge is 0.139 e. The number of thiazole rings is 1. The zero-order chi connectivity index (χ0) is 13.1. The molecule has 0 aliphatic heterocycles. The van der Waals surface area contributed by atoms with Gasteiger partial charge in [0, 0.05) is 18.2 Å². The normalized spacial score (nSPS) is 13.7. The molecular weight excluding hydrogens is 230 g/mol. The highest BCUT2D eigenvalue weighted by Gasteiger charge is 2.18. The molecule has 17 heavy (non-hydrogen) atoms. The van der Waals surface area contributed by atoms with Crippen LogP contribution in [0.2, 0.25) is 0 Å². The van der Waals surface area contributed by atoms with E-state index in [2.05, 4.69) is 32.7 Å². The van der Waals surface area contributed by atoms with Gasteiger partial charge in [-0.25, -0.2) is 4.98 Å². The van der Waals surface area contributed by atoms with Gasteiger partial charge in [0.1, 0.15) is 5.78 Å². The molecular formula is C14H23NOS. The van der Waals surface area contributed by atoms with Crippen LogP contribution in [0.4, 0.5) is 0 Å². The molecule has 0 aromatic carbocycles. The average molecular weight is 253 g/mol. The van der Waals surface area contributed by atoms with E-state index in [0.717, 1.165) is 17.1 Å². The number of carbonyl (C=O) groups excluding carboxylic acids is 1. The molecule has 1 unspecified atom stereocenters. The molecule has 1 aromatic heterocycles. The third-order valence-corrected chi connectivity index (χ3v) is 3.40. The quantitative estimate of drug-likeness (QED) is 0.793. The van der Waals surface area contributed by atoms with Crippen LogP contribution in [0.3, 0.4) is 0 Å². The number of carbonyl (C=O) groups is 1. The molecule has 0 radical (unpaired) electrons. The van der Waals surface area contributed by atoms with Crippen molar-refractivity contribution in [3.63, 3.8) is 0 Å². The summed E-state index contributed by atoms with van der Waals surface area (Å²) in [4.78, 5) is 16.2. The molecule has 0 N–H and O–H groups in total. The second kappa shape index (κ2) is 5.76. The summed E-state index contributed by atoms with van der Waals surface area (Å²) in [5.74, 6) is 0.772. The molecule has 0 fully saturated rings. The van der Waals surface area contributed by atoms with E-state index in [1.807, 2.05) is 12.3 Å². The van der Waals surface area contributed by atoms with Gasteiger partial charge in [-0.3, -0.25) is 4.79 Å². The van der Waals surface area contributed by atoms with Gasteiger partial charge in [-0.15, -0.1) is 11.3 Å². The Bertz CT molecular complexity index is 376. The van der Waals surface area contributed by atoms with Gasteiger partial charge < -0.3 is 0 Å². The van der Waals surface area contributed by atoms with Crippen molar-refractivity contribution in [1.29, 1.82) is 0 Å². The maximum absolute atomic E-state index is 11.9. The van der Waals surface area contributed by atoms with Crippen LogP contribution in [-0.4, -0.2) is 10.8 Å². The van der Waals surface area contributed by atoms with E-state index in [1.54, 1.807) is 11.3 Å². The summed E-state index contributed by atoms with van der Waals surface area (Å²) in [5, 5.41) is 3.03. The Labute approximate surface area is 108 Å². The van der Waals surface area contributed by atoms with Gasteiger partial charge in [-0.05, 0) is 24.7 Å². The van der Waals surface area contributed by atoms with Crippen LogP contribution in [-0.2, 0) is 11.2 Å². The summed E-state index contributed by atoms with van der Waals surface area (Å²) in [6.45, 7) is 10.8. The van der Waals surface area contributed by atoms with Crippen molar-refractivity contribution in [2.45, 2.75) is 53.9 Å². The molecule has 0 saturated heterocycles. The van der Waals surface area contributed by atoms with E-state index in [1.165, 1.54) is 0 Å². The maximum Gasteiger partial charge on any atom is 0.139 e. The van der Waals surface area contributed by atoms with Gasteiger partial charge in [0.05, 0.1) is 10.7 Å². The maximum atomic E-state index is 11.9. The van der Waals surface area contributed by atoms with E-state index in [-0.39, 0.29) is 0 Å². The largest absolute Gasteiger partial charge is 0.299 e. The van der Waals surface area contributed by atoms with Crippen molar-refractivity contribution in [3.05, 3.63) is 16.1 Å². The fourth-order valence-corrected chi connectivity index (χ4v) is 2.88. The number of aromatic nitrogens is 1. The number of hydrogen-bond acceptors (Lipinski definition) is 3. The lowest BCUT2D eigenvalue weighted by Gasteiger charge is -2.22. The highest BCUT2D eigenvalue weighted by atomic mass is 32.1. The minimum atomic E-state index is 0.302. The van der Waals surface area contributed by atoms with E-state index in [0.29, 0.717) is 30.0 Å². The summed E-state index contributed by atoms with van der Waals surface area (Å²) in [6.07, 6.45) is 2.27. The average Bonchev–Trinajstić information content (AvgIpc) is 2.46. The number of nitrogens with zero attached hydrogens (tertiary/aromatic N) is 1. The highest BCUT2D eigenvalue weighted by molar-refractivity contribution is 7.09. The van der Waals surface area contributed by atoms with Gasteiger partial charge in [-0.1, -0.05) is 27.7 Å². The van der Waals surface area contributed by atoms with Crippen LogP contribution < -0.4 is 0 Å². The zero-order valence-electron chi connectivity index (χ0n) is 11.5. The predicted molar refractivity (Wildman–Crippen MR) is 73.4 cm³/mol. The predicted octanol–water partition coefficient (Wildman–Crippen LogP) is 4.03. The minimum absolute atomic E-state index is 0.302. The van der Waals surface area contributed by atoms with Crippen molar-refractivity contribution in [3.8, 4) is 0 Å². The van der Waals surface area contributed by atoms with Crippen molar-refractivity contribution < 1.29 is 4.79 Å². The van der Waals surface area contributed by atoms with E-state index in [4.69, 9.17) is 0 Å². The molecule has 1 aromatic rings. The van der Waals surface area contributed by atoms with E-state index in [9.17, 15) is 4.79 Å². The molecule has 3 heteroatoms. The lowest BCUT2D eigenvalue weighted by molar-refractivity contribution is -0.119. The van der Waals surface area contributed by atoms with Crippen molar-refractivity contribution >= 4 is 17.1 Å². The Morgan fingerprint density at radius 1 is 1.47 bits per heavy atom. The lowest BCUT2D eigenvalue weighted by atomic mass is 9.83. The first-order valence-corrected chi connectivity index (χ1v) is 7.07. The van der Waals surface area contributed by atoms with Gasteiger partial charge in [-0.2, -0.15) is 0 Å². The number of ketones is 1. The van der Waals surface area contributed by atoms with Gasteiger partial charge in [0.2, 0.25) is 0 Å². The molecule has 1 heterocycles. The van der Waals surface area contributed by atoms with Crippen LogP contribution in [0.5, 0.6) is 0 Å². The SMILES string of the molecule is Cc1nc(CC(=O)CC(C)CC(C)(C)C)cs1. The molecule has 2 nitrogen and oxygen atoms in total. The Kier molecular flexibility index (Phi) is 4.87. The molecule has 0 saturated carbocycles. The third-order valence-electron chi connectivity index (χ3n) is 2.58. The fraction of sp³-hybridized carbons (Fsp3) is 0.714. The monoisotopic (exact) mass is 253 g/mol. The Hall–Kier alpha value is -0.700. The van der Waals surface area contributed by atoms with Crippen molar-refractivity contribution in [1.82, 2.24) is 4.98 Å². The summed E-state index contributed by atoms with van der Waals surface area (Å²) < 4.78 is 0. The Balaban J connectivity index is 2.39. The van der Waals surface area contributed by atoms with Crippen LogP contribution >= 0.6 is 11.3 Å². The molecule has 0 aliphatic rings. The lowest BCUT2D eigenvalue weighted by Crippen LogP contribution is -2.15. The first-order chi connectivity index (χ1) is 7.76. The number of Topliss-reactive ketones (excluding diaryl/α,β-unsaturated/α-hetero) is 1. The minimum Gasteiger partial charge on any atom is -0.299 e. The number of aryl methyl sites for hydroxylation is 1. The van der Waals surface area contributed by atoms with Crippen LogP contribution in [0.25, 0.3) is 0 Å². The first kappa shape index (κ1) is 14.4. The molecule has 96 valence electrons. The van der Waals surface area contributed by atoms with Crippen molar-refractivity contribution in [2.75, 3.05) is 0 Å². The topological polar surface area (TPSA) is 30.0 Å². The third kappa shape index (κ3) is 5.97. The molecule has 0 bridgehead atoms. The summed E-state index contributed by atoms with van der Waals surface area (Å²) in [5.41, 5.74) is 1.23. The second-order valence-electron chi connectivity index (χ2n) is 6.15. The van der Waals surface area contributed by atoms with Crippen LogP contribution in [0.15, 0.2) is 5.38 Å². The molecule has 1 atom stereocenters.